The van der Waals surface area contributed by atoms with Crippen LogP contribution in [0, 0.1) is 6.92 Å². The van der Waals surface area contributed by atoms with Gasteiger partial charge in [-0.25, -0.2) is 0 Å². The molecule has 0 aliphatic heterocycles. The summed E-state index contributed by atoms with van der Waals surface area (Å²) in [5, 5.41) is 0. The smallest absolute Gasteiger partial charge is 0.257 e. The van der Waals surface area contributed by atoms with Crippen LogP contribution in [0.15, 0.2) is 47.3 Å². The van der Waals surface area contributed by atoms with E-state index in [1.165, 1.54) is 30.4 Å². The van der Waals surface area contributed by atoms with Gasteiger partial charge < -0.3 is 9.32 Å². The Bertz CT molecular complexity index is 612. The van der Waals surface area contributed by atoms with Crippen LogP contribution >= 0.6 is 0 Å². The summed E-state index contributed by atoms with van der Waals surface area (Å²) in [6.07, 6.45) is 9.05. The summed E-state index contributed by atoms with van der Waals surface area (Å²) < 4.78 is 5.10. The molecule has 0 atom stereocenters. The predicted octanol–water partition coefficient (Wildman–Crippen LogP) is 4.56. The van der Waals surface area contributed by atoms with Crippen LogP contribution < -0.4 is 0 Å². The molecule has 22 heavy (non-hydrogen) atoms. The number of rotatable bonds is 4. The molecule has 0 N–H and O–H groups in total. The zero-order valence-electron chi connectivity index (χ0n) is 13.1. The van der Waals surface area contributed by atoms with Crippen LogP contribution in [0.5, 0.6) is 0 Å². The first-order valence-corrected chi connectivity index (χ1v) is 8.13. The molecule has 0 bridgehead atoms. The topological polar surface area (TPSA) is 33.5 Å². The molecule has 1 heterocycles. The second-order valence-electron chi connectivity index (χ2n) is 6.16. The Hall–Kier alpha value is -2.03. The highest BCUT2D eigenvalue weighted by Crippen LogP contribution is 2.26. The first kappa shape index (κ1) is 14.9. The molecule has 1 amide bonds. The summed E-state index contributed by atoms with van der Waals surface area (Å²) in [6.45, 7) is 2.79. The van der Waals surface area contributed by atoms with Gasteiger partial charge in [-0.15, -0.1) is 0 Å². The Balaban J connectivity index is 1.85. The molecule has 0 radical (unpaired) electrons. The highest BCUT2D eigenvalue weighted by Gasteiger charge is 2.27. The van der Waals surface area contributed by atoms with Crippen LogP contribution in [0.2, 0.25) is 0 Å². The van der Waals surface area contributed by atoms with Crippen LogP contribution in [0.25, 0.3) is 0 Å². The van der Waals surface area contributed by atoms with Gasteiger partial charge in [0, 0.05) is 12.6 Å². The van der Waals surface area contributed by atoms with E-state index in [1.807, 2.05) is 17.0 Å². The number of aryl methyl sites for hydroxylation is 1. The zero-order valence-corrected chi connectivity index (χ0v) is 13.1. The Labute approximate surface area is 131 Å². The monoisotopic (exact) mass is 297 g/mol. The average Bonchev–Trinajstić information content (AvgIpc) is 3.09. The zero-order chi connectivity index (χ0) is 15.4. The lowest BCUT2D eigenvalue weighted by Crippen LogP contribution is -2.41. The van der Waals surface area contributed by atoms with Gasteiger partial charge in [-0.1, -0.05) is 43.5 Å². The van der Waals surface area contributed by atoms with Crippen molar-refractivity contribution in [1.82, 2.24) is 4.90 Å². The molecule has 116 valence electrons. The minimum Gasteiger partial charge on any atom is -0.472 e. The Morgan fingerprint density at radius 1 is 1.18 bits per heavy atom. The van der Waals surface area contributed by atoms with Gasteiger partial charge in [0.1, 0.15) is 6.26 Å². The highest BCUT2D eigenvalue weighted by atomic mass is 16.3. The molecule has 2 aromatic rings. The lowest BCUT2D eigenvalue weighted by atomic mass is 9.93. The van der Waals surface area contributed by atoms with Crippen LogP contribution in [0.4, 0.5) is 0 Å². The highest BCUT2D eigenvalue weighted by molar-refractivity contribution is 5.94. The van der Waals surface area contributed by atoms with Gasteiger partial charge >= 0.3 is 0 Å². The van der Waals surface area contributed by atoms with Crippen molar-refractivity contribution in [3.8, 4) is 0 Å². The van der Waals surface area contributed by atoms with Crippen molar-refractivity contribution < 1.29 is 9.21 Å². The SMILES string of the molecule is Cc1ccccc1CN(C(=O)c1ccoc1)C1CCCCC1. The Morgan fingerprint density at radius 2 is 1.95 bits per heavy atom. The molecule has 0 saturated heterocycles. The average molecular weight is 297 g/mol. The minimum absolute atomic E-state index is 0.0869. The van der Waals surface area contributed by atoms with Crippen LogP contribution in [0.3, 0.4) is 0 Å². The predicted molar refractivity (Wildman–Crippen MR) is 86.6 cm³/mol. The maximum Gasteiger partial charge on any atom is 0.257 e. The summed E-state index contributed by atoms with van der Waals surface area (Å²) in [4.78, 5) is 14.9. The summed E-state index contributed by atoms with van der Waals surface area (Å²) in [7, 11) is 0. The molecule has 1 aromatic heterocycles. The normalized spacial score (nSPS) is 15.7. The largest absolute Gasteiger partial charge is 0.472 e. The maximum absolute atomic E-state index is 12.9. The molecular weight excluding hydrogens is 274 g/mol. The van der Waals surface area contributed by atoms with Gasteiger partial charge in [-0.3, -0.25) is 4.79 Å². The molecule has 0 unspecified atom stereocenters. The molecule has 1 fully saturated rings. The third kappa shape index (κ3) is 3.24. The molecule has 3 rings (SSSR count). The maximum atomic E-state index is 12.9. The van der Waals surface area contributed by atoms with Gasteiger partial charge in [0.25, 0.3) is 5.91 Å². The number of benzene rings is 1. The number of carbonyl (C=O) groups is 1. The molecule has 3 heteroatoms. The van der Waals surface area contributed by atoms with Crippen LogP contribution in [-0.2, 0) is 6.54 Å². The van der Waals surface area contributed by atoms with Crippen molar-refractivity contribution >= 4 is 5.91 Å². The van der Waals surface area contributed by atoms with Crippen molar-refractivity contribution in [3.05, 3.63) is 59.5 Å². The van der Waals surface area contributed by atoms with E-state index < -0.39 is 0 Å². The minimum atomic E-state index is 0.0869. The van der Waals surface area contributed by atoms with E-state index in [1.54, 1.807) is 18.6 Å². The quantitative estimate of drug-likeness (QED) is 0.828. The number of amides is 1. The van der Waals surface area contributed by atoms with Gasteiger partial charge in [-0.05, 0) is 37.0 Å². The van der Waals surface area contributed by atoms with Crippen LogP contribution in [-0.4, -0.2) is 16.8 Å². The second kappa shape index (κ2) is 6.82. The molecule has 1 aliphatic carbocycles. The Kier molecular flexibility index (Phi) is 4.62. The van der Waals surface area contributed by atoms with E-state index in [-0.39, 0.29) is 5.91 Å². The van der Waals surface area contributed by atoms with Crippen molar-refractivity contribution in [1.29, 1.82) is 0 Å². The first-order valence-electron chi connectivity index (χ1n) is 8.13. The number of carbonyl (C=O) groups excluding carboxylic acids is 1. The number of furan rings is 1. The van der Waals surface area contributed by atoms with Crippen molar-refractivity contribution in [2.24, 2.45) is 0 Å². The van der Waals surface area contributed by atoms with E-state index in [4.69, 9.17) is 4.42 Å². The number of nitrogens with zero attached hydrogens (tertiary/aromatic N) is 1. The van der Waals surface area contributed by atoms with E-state index in [9.17, 15) is 4.79 Å². The van der Waals surface area contributed by atoms with Crippen LogP contribution in [0.1, 0.15) is 53.6 Å². The van der Waals surface area contributed by atoms with Crippen molar-refractivity contribution in [2.45, 2.75) is 51.6 Å². The molecule has 1 saturated carbocycles. The lowest BCUT2D eigenvalue weighted by Gasteiger charge is -2.34. The fraction of sp³-hybridized carbons (Fsp3) is 0.421. The summed E-state index contributed by atoms with van der Waals surface area (Å²) >= 11 is 0. The molecule has 0 spiro atoms. The molecular formula is C19H23NO2. The Morgan fingerprint density at radius 3 is 2.64 bits per heavy atom. The van der Waals surface area contributed by atoms with Crippen molar-refractivity contribution in [2.75, 3.05) is 0 Å². The van der Waals surface area contributed by atoms with E-state index in [2.05, 4.69) is 19.1 Å². The number of hydrogen-bond donors (Lipinski definition) is 0. The number of hydrogen-bond acceptors (Lipinski definition) is 2. The molecule has 1 aliphatic rings. The molecule has 3 nitrogen and oxygen atoms in total. The summed E-state index contributed by atoms with van der Waals surface area (Å²) in [5.74, 6) is 0.0869. The fourth-order valence-electron chi connectivity index (χ4n) is 3.28. The van der Waals surface area contributed by atoms with E-state index >= 15 is 0 Å². The van der Waals surface area contributed by atoms with E-state index in [0.717, 1.165) is 12.8 Å². The third-order valence-electron chi connectivity index (χ3n) is 4.65. The lowest BCUT2D eigenvalue weighted by molar-refractivity contribution is 0.0613. The third-order valence-corrected chi connectivity index (χ3v) is 4.65. The molecule has 1 aromatic carbocycles. The van der Waals surface area contributed by atoms with Gasteiger partial charge in [0.15, 0.2) is 0 Å². The van der Waals surface area contributed by atoms with Gasteiger partial charge in [0.05, 0.1) is 11.8 Å². The van der Waals surface area contributed by atoms with Crippen molar-refractivity contribution in [3.63, 3.8) is 0 Å². The summed E-state index contributed by atoms with van der Waals surface area (Å²) in [5.41, 5.74) is 3.12. The first-order chi connectivity index (χ1) is 10.8. The fourth-order valence-corrected chi connectivity index (χ4v) is 3.28. The second-order valence-corrected chi connectivity index (χ2v) is 6.16. The standard InChI is InChI=1S/C19H23NO2/c1-15-7-5-6-8-16(15)13-20(18-9-3-2-4-10-18)19(21)17-11-12-22-14-17/h5-8,11-12,14,18H,2-4,9-10,13H2,1H3. The van der Waals surface area contributed by atoms with E-state index in [0.29, 0.717) is 18.2 Å². The summed E-state index contributed by atoms with van der Waals surface area (Å²) in [6, 6.07) is 10.4. The van der Waals surface area contributed by atoms with Gasteiger partial charge in [0.2, 0.25) is 0 Å². The van der Waals surface area contributed by atoms with Gasteiger partial charge in [-0.2, -0.15) is 0 Å².